The lowest BCUT2D eigenvalue weighted by Gasteiger charge is -2.10. The first-order chi connectivity index (χ1) is 8.08. The minimum atomic E-state index is -0.477. The van der Waals surface area contributed by atoms with Gasteiger partial charge in [-0.2, -0.15) is 0 Å². The van der Waals surface area contributed by atoms with E-state index in [-0.39, 0.29) is 18.2 Å². The maximum Gasteiger partial charge on any atom is 0.339 e. The van der Waals surface area contributed by atoms with Crippen LogP contribution in [0.25, 0.3) is 0 Å². The van der Waals surface area contributed by atoms with Crippen molar-refractivity contribution in [2.24, 2.45) is 0 Å². The van der Waals surface area contributed by atoms with Gasteiger partial charge in [-0.25, -0.2) is 4.79 Å². The minimum Gasteiger partial charge on any atom is -0.465 e. The number of carbonyl (C=O) groups excluding carboxylic acids is 2. The Morgan fingerprint density at radius 2 is 2.12 bits per heavy atom. The zero-order valence-corrected chi connectivity index (χ0v) is 10.5. The molecule has 0 aromatic heterocycles. The summed E-state index contributed by atoms with van der Waals surface area (Å²) in [6.45, 7) is 1.86. The standard InChI is InChI=1S/C12H14ClNO3/c1-8-3-4-10(14-11(15)5-6-13)9(7-8)12(16)17-2/h3-4,7H,5-6H2,1-2H3,(H,14,15). The number of hydrogen-bond acceptors (Lipinski definition) is 3. The van der Waals surface area contributed by atoms with Gasteiger partial charge >= 0.3 is 5.97 Å². The molecule has 0 heterocycles. The molecule has 0 unspecified atom stereocenters. The van der Waals surface area contributed by atoms with E-state index in [4.69, 9.17) is 11.6 Å². The number of amides is 1. The molecule has 0 saturated carbocycles. The quantitative estimate of drug-likeness (QED) is 0.664. The Hall–Kier alpha value is -1.55. The largest absolute Gasteiger partial charge is 0.465 e. The van der Waals surface area contributed by atoms with E-state index in [1.54, 1.807) is 12.1 Å². The first-order valence-corrected chi connectivity index (χ1v) is 5.66. The van der Waals surface area contributed by atoms with E-state index < -0.39 is 5.97 Å². The SMILES string of the molecule is COC(=O)c1cc(C)ccc1NC(=O)CCCl. The summed E-state index contributed by atoms with van der Waals surface area (Å²) in [4.78, 5) is 22.9. The number of benzene rings is 1. The van der Waals surface area contributed by atoms with Crippen LogP contribution < -0.4 is 5.32 Å². The smallest absolute Gasteiger partial charge is 0.339 e. The molecule has 0 aliphatic heterocycles. The predicted octanol–water partition coefficient (Wildman–Crippen LogP) is 2.35. The first kappa shape index (κ1) is 13.5. The van der Waals surface area contributed by atoms with Crippen molar-refractivity contribution in [2.45, 2.75) is 13.3 Å². The Bertz CT molecular complexity index is 432. The fraction of sp³-hybridized carbons (Fsp3) is 0.333. The Balaban J connectivity index is 2.98. The molecular weight excluding hydrogens is 242 g/mol. The highest BCUT2D eigenvalue weighted by Crippen LogP contribution is 2.18. The number of carbonyl (C=O) groups is 2. The highest BCUT2D eigenvalue weighted by molar-refractivity contribution is 6.19. The number of halogens is 1. The van der Waals surface area contributed by atoms with Crippen molar-refractivity contribution in [3.63, 3.8) is 0 Å². The summed E-state index contributed by atoms with van der Waals surface area (Å²) in [7, 11) is 1.30. The Kier molecular flexibility index (Phi) is 4.97. The molecule has 1 amide bonds. The Morgan fingerprint density at radius 1 is 1.41 bits per heavy atom. The first-order valence-electron chi connectivity index (χ1n) is 5.13. The average Bonchev–Trinajstić information content (AvgIpc) is 2.30. The van der Waals surface area contributed by atoms with Crippen LogP contribution in [0.1, 0.15) is 22.3 Å². The number of methoxy groups -OCH3 is 1. The van der Waals surface area contributed by atoms with Gasteiger partial charge in [0.1, 0.15) is 0 Å². The lowest BCUT2D eigenvalue weighted by Crippen LogP contribution is -2.15. The molecule has 17 heavy (non-hydrogen) atoms. The van der Waals surface area contributed by atoms with Crippen LogP contribution in [0.4, 0.5) is 5.69 Å². The number of nitrogens with one attached hydrogen (secondary N) is 1. The Morgan fingerprint density at radius 3 is 2.71 bits per heavy atom. The maximum absolute atomic E-state index is 11.5. The van der Waals surface area contributed by atoms with Crippen molar-refractivity contribution in [3.8, 4) is 0 Å². The van der Waals surface area contributed by atoms with E-state index in [1.807, 2.05) is 13.0 Å². The molecule has 0 spiro atoms. The second-order valence-electron chi connectivity index (χ2n) is 3.53. The van der Waals surface area contributed by atoms with Crippen molar-refractivity contribution in [3.05, 3.63) is 29.3 Å². The topological polar surface area (TPSA) is 55.4 Å². The van der Waals surface area contributed by atoms with Crippen molar-refractivity contribution < 1.29 is 14.3 Å². The van der Waals surface area contributed by atoms with Crippen molar-refractivity contribution >= 4 is 29.2 Å². The van der Waals surface area contributed by atoms with Crippen LogP contribution in [0, 0.1) is 6.92 Å². The zero-order valence-electron chi connectivity index (χ0n) is 9.75. The van der Waals surface area contributed by atoms with Crippen molar-refractivity contribution in [1.82, 2.24) is 0 Å². The molecule has 1 aromatic rings. The van der Waals surface area contributed by atoms with Crippen LogP contribution in [-0.2, 0) is 9.53 Å². The van der Waals surface area contributed by atoms with E-state index in [0.29, 0.717) is 11.3 Å². The molecule has 4 nitrogen and oxygen atoms in total. The fourth-order valence-electron chi connectivity index (χ4n) is 1.34. The molecule has 0 aliphatic rings. The number of hydrogen-bond donors (Lipinski definition) is 1. The average molecular weight is 256 g/mol. The molecule has 0 bridgehead atoms. The van der Waals surface area contributed by atoms with Crippen LogP contribution in [0.2, 0.25) is 0 Å². The molecule has 1 rings (SSSR count). The van der Waals surface area contributed by atoms with E-state index in [0.717, 1.165) is 5.56 Å². The number of ether oxygens (including phenoxy) is 1. The van der Waals surface area contributed by atoms with Gasteiger partial charge in [-0.3, -0.25) is 4.79 Å². The molecule has 0 radical (unpaired) electrons. The number of rotatable bonds is 4. The summed E-state index contributed by atoms with van der Waals surface area (Å²) in [6, 6.07) is 5.15. The maximum atomic E-state index is 11.5. The molecule has 0 atom stereocenters. The van der Waals surface area contributed by atoms with E-state index in [1.165, 1.54) is 7.11 Å². The Labute approximate surface area is 105 Å². The molecule has 92 valence electrons. The van der Waals surface area contributed by atoms with Crippen molar-refractivity contribution in [2.75, 3.05) is 18.3 Å². The summed E-state index contributed by atoms with van der Waals surface area (Å²) < 4.78 is 4.66. The molecular formula is C12H14ClNO3. The van der Waals surface area contributed by atoms with Gasteiger partial charge in [0.2, 0.25) is 5.91 Å². The van der Waals surface area contributed by atoms with Gasteiger partial charge in [-0.1, -0.05) is 11.6 Å². The molecule has 1 aromatic carbocycles. The van der Waals surface area contributed by atoms with Crippen molar-refractivity contribution in [1.29, 1.82) is 0 Å². The number of anilines is 1. The summed E-state index contributed by atoms with van der Waals surface area (Å²) >= 11 is 5.46. The van der Waals surface area contributed by atoms with Gasteiger partial charge in [0, 0.05) is 12.3 Å². The third-order valence-electron chi connectivity index (χ3n) is 2.18. The molecule has 1 N–H and O–H groups in total. The second kappa shape index (κ2) is 6.25. The highest BCUT2D eigenvalue weighted by atomic mass is 35.5. The molecule has 0 saturated heterocycles. The van der Waals surface area contributed by atoms with Gasteiger partial charge in [0.15, 0.2) is 0 Å². The number of aryl methyl sites for hydroxylation is 1. The fourth-order valence-corrected chi connectivity index (χ4v) is 1.52. The summed E-state index contributed by atoms with van der Waals surface area (Å²) in [5, 5.41) is 2.63. The van der Waals surface area contributed by atoms with Gasteiger partial charge in [0.25, 0.3) is 0 Å². The predicted molar refractivity (Wildman–Crippen MR) is 66.5 cm³/mol. The van der Waals surface area contributed by atoms with Crippen LogP contribution in [0.15, 0.2) is 18.2 Å². The van der Waals surface area contributed by atoms with Gasteiger partial charge in [-0.05, 0) is 19.1 Å². The van der Waals surface area contributed by atoms with Crippen LogP contribution in [-0.4, -0.2) is 24.9 Å². The molecule has 0 aliphatic carbocycles. The molecule has 5 heteroatoms. The van der Waals surface area contributed by atoms with Crippen LogP contribution in [0.3, 0.4) is 0 Å². The molecule has 0 fully saturated rings. The lowest BCUT2D eigenvalue weighted by molar-refractivity contribution is -0.115. The van der Waals surface area contributed by atoms with Crippen LogP contribution >= 0.6 is 11.6 Å². The highest BCUT2D eigenvalue weighted by Gasteiger charge is 2.13. The number of esters is 1. The third kappa shape index (κ3) is 3.75. The van der Waals surface area contributed by atoms with E-state index in [2.05, 4.69) is 10.1 Å². The van der Waals surface area contributed by atoms with Crippen LogP contribution in [0.5, 0.6) is 0 Å². The minimum absolute atomic E-state index is 0.204. The van der Waals surface area contributed by atoms with Gasteiger partial charge in [0.05, 0.1) is 18.4 Å². The zero-order chi connectivity index (χ0) is 12.8. The lowest BCUT2D eigenvalue weighted by atomic mass is 10.1. The van der Waals surface area contributed by atoms with E-state index in [9.17, 15) is 9.59 Å². The normalized spacial score (nSPS) is 9.82. The number of alkyl halides is 1. The van der Waals surface area contributed by atoms with Gasteiger partial charge in [-0.15, -0.1) is 11.6 Å². The second-order valence-corrected chi connectivity index (χ2v) is 3.91. The van der Waals surface area contributed by atoms with Gasteiger partial charge < -0.3 is 10.1 Å². The summed E-state index contributed by atoms with van der Waals surface area (Å²) in [5.74, 6) is -0.463. The van der Waals surface area contributed by atoms with E-state index >= 15 is 0 Å². The summed E-state index contributed by atoms with van der Waals surface area (Å²) in [6.07, 6.45) is 0.204. The monoisotopic (exact) mass is 255 g/mol. The third-order valence-corrected chi connectivity index (χ3v) is 2.37. The summed E-state index contributed by atoms with van der Waals surface area (Å²) in [5.41, 5.74) is 1.70.